The molecule has 0 fully saturated rings. The molecule has 0 aliphatic carbocycles. The molecular weight excluding hydrogens is 248 g/mol. The van der Waals surface area contributed by atoms with Crippen LogP contribution in [0.4, 0.5) is 0 Å². The van der Waals surface area contributed by atoms with Gasteiger partial charge in [-0.05, 0) is 47.9 Å². The van der Waals surface area contributed by atoms with Gasteiger partial charge in [-0.15, -0.1) is 25.3 Å². The molecule has 0 aliphatic heterocycles. The molecule has 1 aromatic rings. The van der Waals surface area contributed by atoms with E-state index in [0.717, 1.165) is 21.1 Å². The molecule has 1 rings (SSSR count). The predicted octanol–water partition coefficient (Wildman–Crippen LogP) is 4.58. The van der Waals surface area contributed by atoms with Gasteiger partial charge >= 0.3 is 0 Å². The zero-order chi connectivity index (χ0) is 13.0. The van der Waals surface area contributed by atoms with E-state index in [0.29, 0.717) is 12.5 Å². The Hall–Kier alpha value is -0.540. The van der Waals surface area contributed by atoms with Gasteiger partial charge in [-0.25, -0.2) is 0 Å². The van der Waals surface area contributed by atoms with Crippen LogP contribution in [0.15, 0.2) is 23.1 Å². The summed E-state index contributed by atoms with van der Waals surface area (Å²) in [5, 5.41) is 0. The van der Waals surface area contributed by atoms with Gasteiger partial charge in [0.05, 0.1) is 6.61 Å². The third-order valence-electron chi connectivity index (χ3n) is 2.56. The molecule has 94 valence electrons. The third-order valence-corrected chi connectivity index (χ3v) is 3.96. The molecule has 0 saturated carbocycles. The standard InChI is InChI=1S/C14H20OS2/c1-5-15-11-7-6-10(4)12(8-11)14(17)13(16)9(2)3/h6-9,16-17H,5H2,1-4H3/b14-13-. The number of thiol groups is 2. The number of allylic oxidation sites excluding steroid dienone is 1. The van der Waals surface area contributed by atoms with Crippen LogP contribution < -0.4 is 4.74 Å². The minimum absolute atomic E-state index is 0.376. The number of hydrogen-bond donors (Lipinski definition) is 2. The molecule has 0 amide bonds. The molecule has 1 aromatic carbocycles. The van der Waals surface area contributed by atoms with Crippen molar-refractivity contribution in [3.63, 3.8) is 0 Å². The Balaban J connectivity index is 3.20. The van der Waals surface area contributed by atoms with Gasteiger partial charge in [-0.1, -0.05) is 19.9 Å². The van der Waals surface area contributed by atoms with E-state index in [-0.39, 0.29) is 0 Å². The van der Waals surface area contributed by atoms with Crippen LogP contribution >= 0.6 is 25.3 Å². The lowest BCUT2D eigenvalue weighted by molar-refractivity contribution is 0.340. The average Bonchev–Trinajstić information content (AvgIpc) is 2.30. The first-order valence-corrected chi connectivity index (χ1v) is 6.72. The highest BCUT2D eigenvalue weighted by Crippen LogP contribution is 2.33. The van der Waals surface area contributed by atoms with Crippen molar-refractivity contribution in [2.75, 3.05) is 6.61 Å². The highest BCUT2D eigenvalue weighted by atomic mass is 32.1. The second kappa shape index (κ2) is 6.41. The van der Waals surface area contributed by atoms with E-state index in [1.807, 2.05) is 19.1 Å². The third kappa shape index (κ3) is 3.71. The largest absolute Gasteiger partial charge is 0.494 e. The summed E-state index contributed by atoms with van der Waals surface area (Å²) in [4.78, 5) is 1.94. The van der Waals surface area contributed by atoms with E-state index in [4.69, 9.17) is 4.74 Å². The van der Waals surface area contributed by atoms with Crippen molar-refractivity contribution in [1.82, 2.24) is 0 Å². The summed E-state index contributed by atoms with van der Waals surface area (Å²) in [6, 6.07) is 6.06. The van der Waals surface area contributed by atoms with Crippen LogP contribution in [0.2, 0.25) is 0 Å². The van der Waals surface area contributed by atoms with Crippen molar-refractivity contribution in [3.8, 4) is 5.75 Å². The molecule has 3 heteroatoms. The molecule has 0 aliphatic rings. The SMILES string of the molecule is CCOc1ccc(C)c(/C(S)=C(/S)C(C)C)c1. The normalized spacial score (nSPS) is 12.6. The monoisotopic (exact) mass is 268 g/mol. The zero-order valence-electron chi connectivity index (χ0n) is 10.8. The van der Waals surface area contributed by atoms with Crippen LogP contribution in [0.5, 0.6) is 5.75 Å². The molecule has 0 heterocycles. The number of hydrogen-bond acceptors (Lipinski definition) is 3. The lowest BCUT2D eigenvalue weighted by atomic mass is 10.1. The molecule has 17 heavy (non-hydrogen) atoms. The maximum atomic E-state index is 5.51. The maximum absolute atomic E-state index is 5.51. The van der Waals surface area contributed by atoms with E-state index >= 15 is 0 Å². The van der Waals surface area contributed by atoms with Gasteiger partial charge in [0.2, 0.25) is 0 Å². The van der Waals surface area contributed by atoms with Crippen LogP contribution in [0, 0.1) is 12.8 Å². The van der Waals surface area contributed by atoms with Crippen molar-refractivity contribution in [2.24, 2.45) is 5.92 Å². The van der Waals surface area contributed by atoms with Gasteiger partial charge in [-0.3, -0.25) is 0 Å². The molecule has 0 unspecified atom stereocenters. The Morgan fingerprint density at radius 1 is 1.29 bits per heavy atom. The Morgan fingerprint density at radius 2 is 1.94 bits per heavy atom. The fraction of sp³-hybridized carbons (Fsp3) is 0.429. The second-order valence-electron chi connectivity index (χ2n) is 4.30. The molecule has 0 N–H and O–H groups in total. The smallest absolute Gasteiger partial charge is 0.119 e. The van der Waals surface area contributed by atoms with Gasteiger partial charge in [0.25, 0.3) is 0 Å². The molecule has 0 saturated heterocycles. The maximum Gasteiger partial charge on any atom is 0.119 e. The zero-order valence-corrected chi connectivity index (χ0v) is 12.6. The summed E-state index contributed by atoms with van der Waals surface area (Å²) < 4.78 is 5.51. The predicted molar refractivity (Wildman–Crippen MR) is 82.1 cm³/mol. The first-order chi connectivity index (χ1) is 7.97. The number of aryl methyl sites for hydroxylation is 1. The lowest BCUT2D eigenvalue weighted by Gasteiger charge is -2.13. The molecule has 0 spiro atoms. The Labute approximate surface area is 115 Å². The summed E-state index contributed by atoms with van der Waals surface area (Å²) in [7, 11) is 0. The first-order valence-electron chi connectivity index (χ1n) is 5.83. The fourth-order valence-corrected chi connectivity index (χ4v) is 2.14. The fourth-order valence-electron chi connectivity index (χ4n) is 1.52. The van der Waals surface area contributed by atoms with Gasteiger partial charge in [0.1, 0.15) is 5.75 Å². The van der Waals surface area contributed by atoms with Gasteiger partial charge in [0.15, 0.2) is 0 Å². The topological polar surface area (TPSA) is 9.23 Å². The number of ether oxygens (including phenoxy) is 1. The molecule has 0 radical (unpaired) electrons. The number of benzene rings is 1. The van der Waals surface area contributed by atoms with Gasteiger partial charge in [-0.2, -0.15) is 0 Å². The minimum atomic E-state index is 0.376. The summed E-state index contributed by atoms with van der Waals surface area (Å²) in [6.45, 7) is 8.95. The van der Waals surface area contributed by atoms with E-state index in [1.165, 1.54) is 5.56 Å². The quantitative estimate of drug-likeness (QED) is 0.760. The van der Waals surface area contributed by atoms with Crippen LogP contribution in [-0.2, 0) is 0 Å². The molecule has 0 bridgehead atoms. The highest BCUT2D eigenvalue weighted by Gasteiger charge is 2.09. The minimum Gasteiger partial charge on any atom is -0.494 e. The Morgan fingerprint density at radius 3 is 2.47 bits per heavy atom. The van der Waals surface area contributed by atoms with Crippen molar-refractivity contribution in [2.45, 2.75) is 27.7 Å². The molecule has 0 atom stereocenters. The highest BCUT2D eigenvalue weighted by molar-refractivity contribution is 7.93. The van der Waals surface area contributed by atoms with Gasteiger partial charge < -0.3 is 4.74 Å². The van der Waals surface area contributed by atoms with E-state index in [9.17, 15) is 0 Å². The molecule has 1 nitrogen and oxygen atoms in total. The second-order valence-corrected chi connectivity index (χ2v) is 5.23. The van der Waals surface area contributed by atoms with Crippen LogP contribution in [0.25, 0.3) is 4.91 Å². The van der Waals surface area contributed by atoms with Crippen molar-refractivity contribution in [1.29, 1.82) is 0 Å². The van der Waals surface area contributed by atoms with Crippen molar-refractivity contribution in [3.05, 3.63) is 34.2 Å². The van der Waals surface area contributed by atoms with E-state index in [1.54, 1.807) is 0 Å². The summed E-state index contributed by atoms with van der Waals surface area (Å²) in [5.74, 6) is 1.26. The van der Waals surface area contributed by atoms with E-state index < -0.39 is 0 Å². The van der Waals surface area contributed by atoms with Crippen LogP contribution in [0.1, 0.15) is 31.9 Å². The van der Waals surface area contributed by atoms with Crippen LogP contribution in [-0.4, -0.2) is 6.61 Å². The Kier molecular flexibility index (Phi) is 5.47. The van der Waals surface area contributed by atoms with Gasteiger partial charge in [0, 0.05) is 4.91 Å². The molecular formula is C14H20OS2. The van der Waals surface area contributed by atoms with Crippen molar-refractivity contribution >= 4 is 30.2 Å². The molecule has 0 aromatic heterocycles. The summed E-state index contributed by atoms with van der Waals surface area (Å²) >= 11 is 9.11. The lowest BCUT2D eigenvalue weighted by Crippen LogP contribution is -1.95. The summed E-state index contributed by atoms with van der Waals surface area (Å²) in [6.07, 6.45) is 0. The van der Waals surface area contributed by atoms with E-state index in [2.05, 4.69) is 52.1 Å². The average molecular weight is 268 g/mol. The first kappa shape index (κ1) is 14.5. The number of rotatable bonds is 4. The Bertz CT molecular complexity index is 422. The van der Waals surface area contributed by atoms with Crippen LogP contribution in [0.3, 0.4) is 0 Å². The van der Waals surface area contributed by atoms with Crippen molar-refractivity contribution < 1.29 is 4.74 Å². The summed E-state index contributed by atoms with van der Waals surface area (Å²) in [5.41, 5.74) is 2.28.